The number of hydrogen-bond donors (Lipinski definition) is 0. The molecule has 0 saturated heterocycles. The lowest BCUT2D eigenvalue weighted by Gasteiger charge is -2.05. The molecule has 0 spiro atoms. The standard InChI is InChI=1S/C16H13ClN2/c17-13-7-9-16-14(10-13)15(18-11-19-16)8-6-12-4-2-1-3-5-12/h1-5,7,9-11H,6,8H2. The van der Waals surface area contributed by atoms with Gasteiger partial charge in [-0.3, -0.25) is 0 Å². The monoisotopic (exact) mass is 268 g/mol. The quantitative estimate of drug-likeness (QED) is 0.716. The second kappa shape index (κ2) is 5.37. The van der Waals surface area contributed by atoms with Crippen LogP contribution in [-0.4, -0.2) is 9.97 Å². The minimum absolute atomic E-state index is 0.725. The summed E-state index contributed by atoms with van der Waals surface area (Å²) in [5.74, 6) is 0. The topological polar surface area (TPSA) is 25.8 Å². The number of rotatable bonds is 3. The molecule has 0 atom stereocenters. The largest absolute Gasteiger partial charge is 0.241 e. The lowest BCUT2D eigenvalue weighted by molar-refractivity contribution is 0.917. The summed E-state index contributed by atoms with van der Waals surface area (Å²) in [6.07, 6.45) is 3.49. The first-order valence-corrected chi connectivity index (χ1v) is 6.64. The molecule has 1 heterocycles. The molecule has 0 unspecified atom stereocenters. The van der Waals surface area contributed by atoms with Gasteiger partial charge in [-0.05, 0) is 36.6 Å². The zero-order valence-corrected chi connectivity index (χ0v) is 11.1. The zero-order chi connectivity index (χ0) is 13.1. The number of halogens is 1. The van der Waals surface area contributed by atoms with Crippen LogP contribution in [0.4, 0.5) is 0 Å². The van der Waals surface area contributed by atoms with E-state index >= 15 is 0 Å². The average Bonchev–Trinajstić information content (AvgIpc) is 2.46. The summed E-state index contributed by atoms with van der Waals surface area (Å²) >= 11 is 6.05. The third-order valence-corrected chi connectivity index (χ3v) is 3.41. The van der Waals surface area contributed by atoms with Gasteiger partial charge in [-0.1, -0.05) is 41.9 Å². The number of aromatic nitrogens is 2. The van der Waals surface area contributed by atoms with E-state index in [0.717, 1.165) is 34.5 Å². The highest BCUT2D eigenvalue weighted by molar-refractivity contribution is 6.31. The normalized spacial score (nSPS) is 10.8. The van der Waals surface area contributed by atoms with Crippen LogP contribution < -0.4 is 0 Å². The van der Waals surface area contributed by atoms with Crippen molar-refractivity contribution in [3.8, 4) is 0 Å². The van der Waals surface area contributed by atoms with E-state index in [1.807, 2.05) is 24.3 Å². The molecule has 0 aliphatic heterocycles. The summed E-state index contributed by atoms with van der Waals surface area (Å²) in [6.45, 7) is 0. The van der Waals surface area contributed by atoms with Crippen LogP contribution >= 0.6 is 11.6 Å². The van der Waals surface area contributed by atoms with Crippen molar-refractivity contribution in [1.82, 2.24) is 9.97 Å². The molecule has 0 N–H and O–H groups in total. The SMILES string of the molecule is Clc1ccc2ncnc(CCc3ccccc3)c2c1. The van der Waals surface area contributed by atoms with Gasteiger partial charge < -0.3 is 0 Å². The van der Waals surface area contributed by atoms with Gasteiger partial charge in [0.05, 0.1) is 11.2 Å². The average molecular weight is 269 g/mol. The predicted molar refractivity (Wildman–Crippen MR) is 78.4 cm³/mol. The van der Waals surface area contributed by atoms with Crippen molar-refractivity contribution in [2.75, 3.05) is 0 Å². The van der Waals surface area contributed by atoms with Gasteiger partial charge >= 0.3 is 0 Å². The fourth-order valence-corrected chi connectivity index (χ4v) is 2.36. The van der Waals surface area contributed by atoms with Gasteiger partial charge in [-0.25, -0.2) is 9.97 Å². The van der Waals surface area contributed by atoms with E-state index < -0.39 is 0 Å². The molecule has 0 fully saturated rings. The van der Waals surface area contributed by atoms with Crippen LogP contribution in [0.2, 0.25) is 5.02 Å². The van der Waals surface area contributed by atoms with Crippen molar-refractivity contribution < 1.29 is 0 Å². The summed E-state index contributed by atoms with van der Waals surface area (Å²) in [4.78, 5) is 8.66. The van der Waals surface area contributed by atoms with Crippen molar-refractivity contribution in [3.63, 3.8) is 0 Å². The Hall–Kier alpha value is -1.93. The van der Waals surface area contributed by atoms with Crippen molar-refractivity contribution in [1.29, 1.82) is 0 Å². The van der Waals surface area contributed by atoms with Crippen molar-refractivity contribution in [2.24, 2.45) is 0 Å². The van der Waals surface area contributed by atoms with Crippen LogP contribution in [0.25, 0.3) is 10.9 Å². The molecule has 3 heteroatoms. The highest BCUT2D eigenvalue weighted by atomic mass is 35.5. The Kier molecular flexibility index (Phi) is 3.43. The van der Waals surface area contributed by atoms with E-state index in [1.165, 1.54) is 5.56 Å². The fourth-order valence-electron chi connectivity index (χ4n) is 2.19. The van der Waals surface area contributed by atoms with Crippen molar-refractivity contribution >= 4 is 22.5 Å². The Morgan fingerprint density at radius 2 is 1.74 bits per heavy atom. The highest BCUT2D eigenvalue weighted by Gasteiger charge is 2.04. The van der Waals surface area contributed by atoms with Gasteiger partial charge in [0.1, 0.15) is 6.33 Å². The van der Waals surface area contributed by atoms with E-state index in [0.29, 0.717) is 0 Å². The number of nitrogens with zero attached hydrogens (tertiary/aromatic N) is 2. The maximum Gasteiger partial charge on any atom is 0.116 e. The molecule has 2 aromatic carbocycles. The van der Waals surface area contributed by atoms with Crippen molar-refractivity contribution in [2.45, 2.75) is 12.8 Å². The van der Waals surface area contributed by atoms with E-state index in [4.69, 9.17) is 11.6 Å². The molecule has 94 valence electrons. The van der Waals surface area contributed by atoms with Gasteiger partial charge in [0, 0.05) is 10.4 Å². The molecule has 2 nitrogen and oxygen atoms in total. The predicted octanol–water partition coefficient (Wildman–Crippen LogP) is 4.07. The molecule has 0 aliphatic carbocycles. The molecule has 0 bridgehead atoms. The number of fused-ring (bicyclic) bond motifs is 1. The van der Waals surface area contributed by atoms with Gasteiger partial charge in [0.15, 0.2) is 0 Å². The summed E-state index contributed by atoms with van der Waals surface area (Å²) in [7, 11) is 0. The number of hydrogen-bond acceptors (Lipinski definition) is 2. The van der Waals surface area contributed by atoms with Crippen LogP contribution in [0.1, 0.15) is 11.3 Å². The van der Waals surface area contributed by atoms with Crippen LogP contribution in [0.3, 0.4) is 0 Å². The van der Waals surface area contributed by atoms with Crippen molar-refractivity contribution in [3.05, 3.63) is 71.1 Å². The van der Waals surface area contributed by atoms with E-state index in [-0.39, 0.29) is 0 Å². The Balaban J connectivity index is 1.90. The first kappa shape index (κ1) is 12.1. The summed E-state index contributed by atoms with van der Waals surface area (Å²) in [5, 5.41) is 1.77. The van der Waals surface area contributed by atoms with E-state index in [1.54, 1.807) is 6.33 Å². The zero-order valence-electron chi connectivity index (χ0n) is 10.4. The lowest BCUT2D eigenvalue weighted by Crippen LogP contribution is -1.97. The second-order valence-corrected chi connectivity index (χ2v) is 4.90. The van der Waals surface area contributed by atoms with Gasteiger partial charge in [-0.2, -0.15) is 0 Å². The number of aryl methyl sites for hydroxylation is 2. The Bertz CT molecular complexity index is 695. The van der Waals surface area contributed by atoms with Gasteiger partial charge in [-0.15, -0.1) is 0 Å². The highest BCUT2D eigenvalue weighted by Crippen LogP contribution is 2.20. The molecule has 19 heavy (non-hydrogen) atoms. The van der Waals surface area contributed by atoms with Crippen LogP contribution in [0, 0.1) is 0 Å². The first-order chi connectivity index (χ1) is 9.33. The molecule has 3 rings (SSSR count). The molecule has 0 radical (unpaired) electrons. The summed E-state index contributed by atoms with van der Waals surface area (Å²) in [6, 6.07) is 16.2. The second-order valence-electron chi connectivity index (χ2n) is 4.47. The van der Waals surface area contributed by atoms with Gasteiger partial charge in [0.25, 0.3) is 0 Å². The molecule has 0 saturated carbocycles. The van der Waals surface area contributed by atoms with Crippen LogP contribution in [-0.2, 0) is 12.8 Å². The molecule has 3 aromatic rings. The fraction of sp³-hybridized carbons (Fsp3) is 0.125. The lowest BCUT2D eigenvalue weighted by atomic mass is 10.1. The smallest absolute Gasteiger partial charge is 0.116 e. The van der Waals surface area contributed by atoms with Crippen LogP contribution in [0.15, 0.2) is 54.9 Å². The molecular weight excluding hydrogens is 256 g/mol. The Labute approximate surface area is 117 Å². The molecule has 0 aliphatic rings. The molecular formula is C16H13ClN2. The minimum atomic E-state index is 0.725. The number of benzene rings is 2. The van der Waals surface area contributed by atoms with E-state index in [9.17, 15) is 0 Å². The molecule has 0 amide bonds. The summed E-state index contributed by atoms with van der Waals surface area (Å²) < 4.78 is 0. The first-order valence-electron chi connectivity index (χ1n) is 6.26. The maximum absolute atomic E-state index is 6.05. The Morgan fingerprint density at radius 3 is 2.58 bits per heavy atom. The maximum atomic E-state index is 6.05. The third kappa shape index (κ3) is 2.74. The summed E-state index contributed by atoms with van der Waals surface area (Å²) in [5.41, 5.74) is 3.31. The van der Waals surface area contributed by atoms with Crippen LogP contribution in [0.5, 0.6) is 0 Å². The van der Waals surface area contributed by atoms with E-state index in [2.05, 4.69) is 34.2 Å². The minimum Gasteiger partial charge on any atom is -0.241 e. The third-order valence-electron chi connectivity index (χ3n) is 3.17. The molecule has 1 aromatic heterocycles. The van der Waals surface area contributed by atoms with Gasteiger partial charge in [0.2, 0.25) is 0 Å². The Morgan fingerprint density at radius 1 is 0.895 bits per heavy atom.